The van der Waals surface area contributed by atoms with Gasteiger partial charge in [-0.3, -0.25) is 0 Å². The highest BCUT2D eigenvalue weighted by Gasteiger charge is 2.11. The van der Waals surface area contributed by atoms with Gasteiger partial charge in [0.2, 0.25) is 10.0 Å². The first-order valence-corrected chi connectivity index (χ1v) is 8.28. The SMILES string of the molecule is CNS(=O)(=O)c1ccc(NCc2sc(C)nc2C)nc1. The van der Waals surface area contributed by atoms with Crippen LogP contribution in [0, 0.1) is 13.8 Å². The summed E-state index contributed by atoms with van der Waals surface area (Å²) in [4.78, 5) is 9.75. The van der Waals surface area contributed by atoms with Gasteiger partial charge in [-0.15, -0.1) is 11.3 Å². The first-order chi connectivity index (χ1) is 9.42. The van der Waals surface area contributed by atoms with Crippen molar-refractivity contribution in [2.75, 3.05) is 12.4 Å². The molecule has 0 aliphatic carbocycles. The van der Waals surface area contributed by atoms with Crippen LogP contribution in [0.2, 0.25) is 0 Å². The molecule has 0 spiro atoms. The third kappa shape index (κ3) is 3.33. The standard InChI is InChI=1S/C12H16N4O2S2/c1-8-11(19-9(2)16-8)7-15-12-5-4-10(6-14-12)20(17,18)13-3/h4-6,13H,7H2,1-3H3,(H,14,15). The topological polar surface area (TPSA) is 84.0 Å². The molecule has 0 saturated heterocycles. The van der Waals surface area contributed by atoms with Crippen LogP contribution in [0.1, 0.15) is 15.6 Å². The summed E-state index contributed by atoms with van der Waals surface area (Å²) in [7, 11) is -2.06. The zero-order valence-corrected chi connectivity index (χ0v) is 13.1. The highest BCUT2D eigenvalue weighted by Crippen LogP contribution is 2.18. The van der Waals surface area contributed by atoms with Crippen LogP contribution in [0.25, 0.3) is 0 Å². The highest BCUT2D eigenvalue weighted by atomic mass is 32.2. The van der Waals surface area contributed by atoms with Crippen LogP contribution in [0.3, 0.4) is 0 Å². The zero-order valence-electron chi connectivity index (χ0n) is 11.5. The summed E-state index contributed by atoms with van der Waals surface area (Å²) in [6, 6.07) is 3.17. The van der Waals surface area contributed by atoms with E-state index >= 15 is 0 Å². The van der Waals surface area contributed by atoms with Crippen LogP contribution < -0.4 is 10.0 Å². The molecule has 0 aliphatic rings. The molecule has 0 radical (unpaired) electrons. The summed E-state index contributed by atoms with van der Waals surface area (Å²) in [5, 5.41) is 4.19. The Kier molecular flexibility index (Phi) is 4.36. The van der Waals surface area contributed by atoms with E-state index in [0.29, 0.717) is 12.4 Å². The monoisotopic (exact) mass is 312 g/mol. The molecule has 0 amide bonds. The smallest absolute Gasteiger partial charge is 0.241 e. The van der Waals surface area contributed by atoms with Gasteiger partial charge in [-0.2, -0.15) is 0 Å². The van der Waals surface area contributed by atoms with Crippen LogP contribution in [0.4, 0.5) is 5.82 Å². The van der Waals surface area contributed by atoms with Crippen molar-refractivity contribution in [1.29, 1.82) is 0 Å². The molecule has 0 atom stereocenters. The quantitative estimate of drug-likeness (QED) is 0.877. The van der Waals surface area contributed by atoms with Gasteiger partial charge in [-0.1, -0.05) is 0 Å². The van der Waals surface area contributed by atoms with Gasteiger partial charge >= 0.3 is 0 Å². The lowest BCUT2D eigenvalue weighted by atomic mass is 10.4. The molecule has 2 rings (SSSR count). The van der Waals surface area contributed by atoms with Crippen molar-refractivity contribution >= 4 is 27.2 Å². The van der Waals surface area contributed by atoms with E-state index < -0.39 is 10.0 Å². The minimum atomic E-state index is -3.43. The molecule has 20 heavy (non-hydrogen) atoms. The number of anilines is 1. The molecule has 0 unspecified atom stereocenters. The number of pyridine rings is 1. The van der Waals surface area contributed by atoms with E-state index in [9.17, 15) is 8.42 Å². The fourth-order valence-electron chi connectivity index (χ4n) is 1.67. The van der Waals surface area contributed by atoms with E-state index in [-0.39, 0.29) is 4.90 Å². The van der Waals surface area contributed by atoms with Gasteiger partial charge in [0.1, 0.15) is 10.7 Å². The molecule has 0 aliphatic heterocycles. The zero-order chi connectivity index (χ0) is 14.8. The molecular weight excluding hydrogens is 296 g/mol. The molecule has 0 aromatic carbocycles. The Morgan fingerprint density at radius 2 is 2.05 bits per heavy atom. The summed E-state index contributed by atoms with van der Waals surface area (Å²) in [6.07, 6.45) is 1.33. The number of hydrogen-bond donors (Lipinski definition) is 2. The Hall–Kier alpha value is -1.51. The number of nitrogens with zero attached hydrogens (tertiary/aromatic N) is 2. The van der Waals surface area contributed by atoms with E-state index in [1.165, 1.54) is 19.3 Å². The molecule has 2 aromatic rings. The van der Waals surface area contributed by atoms with E-state index in [1.807, 2.05) is 13.8 Å². The number of thiazole rings is 1. The Morgan fingerprint density at radius 3 is 2.55 bits per heavy atom. The molecule has 6 nitrogen and oxygen atoms in total. The lowest BCUT2D eigenvalue weighted by Gasteiger charge is -2.06. The summed E-state index contributed by atoms with van der Waals surface area (Å²) in [6.45, 7) is 4.57. The van der Waals surface area contributed by atoms with Crippen molar-refractivity contribution in [3.63, 3.8) is 0 Å². The Labute approximate surface area is 122 Å². The number of rotatable bonds is 5. The lowest BCUT2D eigenvalue weighted by Crippen LogP contribution is -2.18. The van der Waals surface area contributed by atoms with Gasteiger partial charge in [0.15, 0.2) is 0 Å². The van der Waals surface area contributed by atoms with Crippen molar-refractivity contribution in [3.8, 4) is 0 Å². The van der Waals surface area contributed by atoms with Crippen molar-refractivity contribution < 1.29 is 8.42 Å². The predicted molar refractivity (Wildman–Crippen MR) is 79.4 cm³/mol. The van der Waals surface area contributed by atoms with Gasteiger partial charge in [-0.05, 0) is 33.0 Å². The first-order valence-electron chi connectivity index (χ1n) is 5.99. The first kappa shape index (κ1) is 14.9. The minimum Gasteiger partial charge on any atom is -0.365 e. The average Bonchev–Trinajstić information content (AvgIpc) is 2.75. The lowest BCUT2D eigenvalue weighted by molar-refractivity contribution is 0.588. The van der Waals surface area contributed by atoms with Gasteiger partial charge in [0.05, 0.1) is 17.2 Å². The average molecular weight is 312 g/mol. The maximum Gasteiger partial charge on any atom is 0.241 e. The van der Waals surface area contributed by atoms with Gasteiger partial charge in [-0.25, -0.2) is 23.1 Å². The van der Waals surface area contributed by atoms with E-state index in [0.717, 1.165) is 15.6 Å². The summed E-state index contributed by atoms with van der Waals surface area (Å²) >= 11 is 1.64. The summed E-state index contributed by atoms with van der Waals surface area (Å²) < 4.78 is 25.4. The minimum absolute atomic E-state index is 0.148. The Balaban J connectivity index is 2.06. The summed E-state index contributed by atoms with van der Waals surface area (Å²) in [5.41, 5.74) is 1.01. The Bertz CT molecular complexity index is 693. The second-order valence-electron chi connectivity index (χ2n) is 4.18. The molecular formula is C12H16N4O2S2. The number of aryl methyl sites for hydroxylation is 2. The summed E-state index contributed by atoms with van der Waals surface area (Å²) in [5.74, 6) is 0.630. The number of sulfonamides is 1. The number of nitrogens with one attached hydrogen (secondary N) is 2. The largest absolute Gasteiger partial charge is 0.365 e. The van der Waals surface area contributed by atoms with E-state index in [4.69, 9.17) is 0 Å². The molecule has 2 N–H and O–H groups in total. The van der Waals surface area contributed by atoms with Crippen LogP contribution in [-0.2, 0) is 16.6 Å². The molecule has 2 heterocycles. The second kappa shape index (κ2) is 5.86. The van der Waals surface area contributed by atoms with Gasteiger partial charge in [0, 0.05) is 11.1 Å². The highest BCUT2D eigenvalue weighted by molar-refractivity contribution is 7.89. The van der Waals surface area contributed by atoms with E-state index in [1.54, 1.807) is 17.4 Å². The molecule has 108 valence electrons. The predicted octanol–water partition coefficient (Wildman–Crippen LogP) is 1.68. The van der Waals surface area contributed by atoms with Gasteiger partial charge in [0.25, 0.3) is 0 Å². The molecule has 0 saturated carbocycles. The van der Waals surface area contributed by atoms with Crippen molar-refractivity contribution in [2.24, 2.45) is 0 Å². The Morgan fingerprint density at radius 1 is 1.30 bits per heavy atom. The fourth-order valence-corrected chi connectivity index (χ4v) is 3.22. The molecule has 0 bridgehead atoms. The number of aromatic nitrogens is 2. The van der Waals surface area contributed by atoms with Crippen LogP contribution >= 0.6 is 11.3 Å². The molecule has 2 aromatic heterocycles. The number of hydrogen-bond acceptors (Lipinski definition) is 6. The second-order valence-corrected chi connectivity index (χ2v) is 7.36. The maximum atomic E-state index is 11.6. The fraction of sp³-hybridized carbons (Fsp3) is 0.333. The molecule has 0 fully saturated rings. The maximum absolute atomic E-state index is 11.6. The normalized spacial score (nSPS) is 11.6. The van der Waals surface area contributed by atoms with Crippen LogP contribution in [-0.4, -0.2) is 25.4 Å². The van der Waals surface area contributed by atoms with Crippen molar-refractivity contribution in [3.05, 3.63) is 33.9 Å². The van der Waals surface area contributed by atoms with Crippen LogP contribution in [0.5, 0.6) is 0 Å². The third-order valence-electron chi connectivity index (χ3n) is 2.75. The van der Waals surface area contributed by atoms with Crippen molar-refractivity contribution in [1.82, 2.24) is 14.7 Å². The van der Waals surface area contributed by atoms with Gasteiger partial charge < -0.3 is 5.32 Å². The van der Waals surface area contributed by atoms with E-state index in [2.05, 4.69) is 20.0 Å². The van der Waals surface area contributed by atoms with Crippen molar-refractivity contribution in [2.45, 2.75) is 25.3 Å². The van der Waals surface area contributed by atoms with Crippen LogP contribution in [0.15, 0.2) is 23.2 Å². The third-order valence-corrected chi connectivity index (χ3v) is 5.22. The molecule has 8 heteroatoms.